The number of nitrogens with zero attached hydrogens (tertiary/aromatic N) is 3. The van der Waals surface area contributed by atoms with Crippen molar-refractivity contribution < 1.29 is 13.5 Å². The lowest BCUT2D eigenvalue weighted by molar-refractivity contribution is 0.288. The van der Waals surface area contributed by atoms with Crippen molar-refractivity contribution >= 4 is 28.8 Å². The molecular formula is C20H13Cl2F2N3O2. The molecule has 4 rings (SSSR count). The molecule has 0 N–H and O–H groups in total. The minimum atomic E-state index is -0.710. The van der Waals surface area contributed by atoms with Crippen LogP contribution in [0.2, 0.25) is 10.0 Å². The van der Waals surface area contributed by atoms with Crippen LogP contribution in [0.3, 0.4) is 0 Å². The fourth-order valence-electron chi connectivity index (χ4n) is 2.94. The van der Waals surface area contributed by atoms with E-state index in [1.807, 2.05) is 0 Å². The molecule has 2 aromatic carbocycles. The first kappa shape index (κ1) is 19.4. The average molecular weight is 436 g/mol. The Bertz CT molecular complexity index is 1280. The molecule has 0 spiro atoms. The molecule has 0 amide bonds. The molecule has 0 atom stereocenters. The van der Waals surface area contributed by atoms with Crippen LogP contribution in [0.25, 0.3) is 11.3 Å². The van der Waals surface area contributed by atoms with Crippen LogP contribution in [0.1, 0.15) is 11.1 Å². The zero-order valence-electron chi connectivity index (χ0n) is 15.0. The minimum Gasteiger partial charge on any atom is -0.473 e. The van der Waals surface area contributed by atoms with Gasteiger partial charge in [-0.1, -0.05) is 29.3 Å². The largest absolute Gasteiger partial charge is 0.473 e. The van der Waals surface area contributed by atoms with Crippen molar-refractivity contribution in [2.24, 2.45) is 0 Å². The molecule has 0 fully saturated rings. The molecule has 2 aromatic heterocycles. The third-order valence-electron chi connectivity index (χ3n) is 4.40. The van der Waals surface area contributed by atoms with E-state index in [9.17, 15) is 13.6 Å². The molecule has 0 aliphatic carbocycles. The molecule has 0 saturated heterocycles. The summed E-state index contributed by atoms with van der Waals surface area (Å²) >= 11 is 12.5. The van der Waals surface area contributed by atoms with Gasteiger partial charge in [0, 0.05) is 23.9 Å². The summed E-state index contributed by atoms with van der Waals surface area (Å²) in [5, 5.41) is 0.622. The minimum absolute atomic E-state index is 0.143. The molecule has 29 heavy (non-hydrogen) atoms. The SMILES string of the molecule is Cc1c(=O)n(-c2c(Cl)cccc2Cl)n2ccc(OCc3ccc(F)cc3F)nc12. The van der Waals surface area contributed by atoms with Crippen LogP contribution in [0.4, 0.5) is 8.78 Å². The predicted octanol–water partition coefficient (Wildman–Crippen LogP) is 4.96. The number of halogens is 4. The highest BCUT2D eigenvalue weighted by atomic mass is 35.5. The summed E-state index contributed by atoms with van der Waals surface area (Å²) in [7, 11) is 0. The smallest absolute Gasteiger partial charge is 0.277 e. The molecule has 0 saturated carbocycles. The van der Waals surface area contributed by atoms with E-state index in [-0.39, 0.29) is 23.6 Å². The Balaban J connectivity index is 1.74. The maximum Gasteiger partial charge on any atom is 0.277 e. The van der Waals surface area contributed by atoms with Crippen molar-refractivity contribution in [2.75, 3.05) is 0 Å². The number of rotatable bonds is 4. The first-order chi connectivity index (χ1) is 13.9. The lowest BCUT2D eigenvalue weighted by Gasteiger charge is -2.11. The van der Waals surface area contributed by atoms with E-state index in [1.165, 1.54) is 21.3 Å². The van der Waals surface area contributed by atoms with Gasteiger partial charge in [-0.05, 0) is 31.2 Å². The third-order valence-corrected chi connectivity index (χ3v) is 5.01. The molecular weight excluding hydrogens is 423 g/mol. The van der Waals surface area contributed by atoms with E-state index in [2.05, 4.69) is 4.98 Å². The number of aromatic nitrogens is 3. The van der Waals surface area contributed by atoms with Crippen molar-refractivity contribution in [3.05, 3.63) is 91.8 Å². The third kappa shape index (κ3) is 3.47. The zero-order chi connectivity index (χ0) is 20.7. The molecule has 0 radical (unpaired) electrons. The summed E-state index contributed by atoms with van der Waals surface area (Å²) in [6.07, 6.45) is 1.58. The Hall–Kier alpha value is -2.90. The van der Waals surface area contributed by atoms with Crippen LogP contribution in [0.5, 0.6) is 5.88 Å². The molecule has 4 aromatic rings. The number of para-hydroxylation sites is 1. The second-order valence-corrected chi connectivity index (χ2v) is 7.08. The fraction of sp³-hybridized carbons (Fsp3) is 0.100. The van der Waals surface area contributed by atoms with Crippen LogP contribution >= 0.6 is 23.2 Å². The van der Waals surface area contributed by atoms with Gasteiger partial charge < -0.3 is 4.74 Å². The quantitative estimate of drug-likeness (QED) is 0.455. The average Bonchev–Trinajstić information content (AvgIpc) is 2.92. The molecule has 9 heteroatoms. The molecule has 0 unspecified atom stereocenters. The van der Waals surface area contributed by atoms with Gasteiger partial charge in [0.2, 0.25) is 5.88 Å². The maximum absolute atomic E-state index is 13.8. The lowest BCUT2D eigenvalue weighted by atomic mass is 10.2. The summed E-state index contributed by atoms with van der Waals surface area (Å²) in [5.41, 5.74) is 0.882. The van der Waals surface area contributed by atoms with E-state index in [4.69, 9.17) is 27.9 Å². The van der Waals surface area contributed by atoms with Crippen molar-refractivity contribution in [1.82, 2.24) is 14.2 Å². The van der Waals surface area contributed by atoms with Crippen molar-refractivity contribution in [1.29, 1.82) is 0 Å². The van der Waals surface area contributed by atoms with E-state index >= 15 is 0 Å². The first-order valence-electron chi connectivity index (χ1n) is 8.49. The Morgan fingerprint density at radius 3 is 2.52 bits per heavy atom. The van der Waals surface area contributed by atoms with Gasteiger partial charge in [-0.25, -0.2) is 18.0 Å². The van der Waals surface area contributed by atoms with Crippen molar-refractivity contribution in [3.8, 4) is 11.6 Å². The monoisotopic (exact) mass is 435 g/mol. The van der Waals surface area contributed by atoms with Crippen molar-refractivity contribution in [2.45, 2.75) is 13.5 Å². The van der Waals surface area contributed by atoms with Crippen LogP contribution in [-0.2, 0) is 6.61 Å². The van der Waals surface area contributed by atoms with Crippen LogP contribution in [0.15, 0.2) is 53.5 Å². The highest BCUT2D eigenvalue weighted by Crippen LogP contribution is 2.28. The molecule has 0 aliphatic rings. The van der Waals surface area contributed by atoms with Gasteiger partial charge in [-0.2, -0.15) is 4.98 Å². The second kappa shape index (κ2) is 7.50. The Morgan fingerprint density at radius 1 is 1.10 bits per heavy atom. The van der Waals surface area contributed by atoms with Gasteiger partial charge >= 0.3 is 0 Å². The van der Waals surface area contributed by atoms with Crippen molar-refractivity contribution in [3.63, 3.8) is 0 Å². The van der Waals surface area contributed by atoms with Crippen LogP contribution in [0, 0.1) is 18.6 Å². The Labute approximate surface area is 173 Å². The van der Waals surface area contributed by atoms with E-state index in [0.717, 1.165) is 12.1 Å². The number of fused-ring (bicyclic) bond motifs is 1. The van der Waals surface area contributed by atoms with Gasteiger partial charge in [0.15, 0.2) is 5.65 Å². The summed E-state index contributed by atoms with van der Waals surface area (Å²) < 4.78 is 35.2. The summed E-state index contributed by atoms with van der Waals surface area (Å²) in [4.78, 5) is 17.2. The van der Waals surface area contributed by atoms with Crippen LogP contribution in [-0.4, -0.2) is 14.2 Å². The standard InChI is InChI=1S/C20H13Cl2F2N3O2/c1-11-19-25-17(29-10-12-5-6-13(23)9-16(12)24)7-8-26(19)27(20(11)28)18-14(21)3-2-4-15(18)22/h2-9H,10H2,1H3. The predicted molar refractivity (Wildman–Crippen MR) is 106 cm³/mol. The number of aryl methyl sites for hydroxylation is 1. The van der Waals surface area contributed by atoms with Gasteiger partial charge in [-0.3, -0.25) is 4.79 Å². The van der Waals surface area contributed by atoms with Crippen LogP contribution < -0.4 is 10.3 Å². The lowest BCUT2D eigenvalue weighted by Crippen LogP contribution is -2.19. The number of benzene rings is 2. The topological polar surface area (TPSA) is 48.5 Å². The second-order valence-electron chi connectivity index (χ2n) is 6.27. The zero-order valence-corrected chi connectivity index (χ0v) is 16.5. The van der Waals surface area contributed by atoms with E-state index in [0.29, 0.717) is 26.9 Å². The summed E-state index contributed by atoms with van der Waals surface area (Å²) in [6, 6.07) is 9.70. The molecule has 0 aliphatic heterocycles. The Morgan fingerprint density at radius 2 is 1.83 bits per heavy atom. The fourth-order valence-corrected chi connectivity index (χ4v) is 3.50. The molecule has 148 valence electrons. The van der Waals surface area contributed by atoms with Gasteiger partial charge in [0.05, 0.1) is 15.6 Å². The molecule has 2 heterocycles. The van der Waals surface area contributed by atoms with Gasteiger partial charge in [-0.15, -0.1) is 0 Å². The normalized spacial score (nSPS) is 11.2. The summed E-state index contributed by atoms with van der Waals surface area (Å²) in [5.74, 6) is -1.20. The number of hydrogen-bond donors (Lipinski definition) is 0. The van der Waals surface area contributed by atoms with Gasteiger partial charge in [0.1, 0.15) is 23.9 Å². The summed E-state index contributed by atoms with van der Waals surface area (Å²) in [6.45, 7) is 1.48. The van der Waals surface area contributed by atoms with E-state index < -0.39 is 11.6 Å². The van der Waals surface area contributed by atoms with Gasteiger partial charge in [0.25, 0.3) is 5.56 Å². The highest BCUT2D eigenvalue weighted by Gasteiger charge is 2.19. The highest BCUT2D eigenvalue weighted by molar-refractivity contribution is 6.37. The molecule has 0 bridgehead atoms. The number of ether oxygens (including phenoxy) is 1. The number of hydrogen-bond acceptors (Lipinski definition) is 3. The van der Waals surface area contributed by atoms with E-state index in [1.54, 1.807) is 31.3 Å². The molecule has 5 nitrogen and oxygen atoms in total. The maximum atomic E-state index is 13.8. The first-order valence-corrected chi connectivity index (χ1v) is 9.24. The Kier molecular flexibility index (Phi) is 5.02.